The molecule has 2 aromatic heterocycles. The summed E-state index contributed by atoms with van der Waals surface area (Å²) in [5, 5.41) is 14.9. The fourth-order valence-corrected chi connectivity index (χ4v) is 24.4. The van der Waals surface area contributed by atoms with Gasteiger partial charge < -0.3 is 28.7 Å². The van der Waals surface area contributed by atoms with E-state index in [0.717, 1.165) is 68.2 Å². The van der Waals surface area contributed by atoms with Crippen LogP contribution in [0.25, 0.3) is 120 Å². The first-order valence-electron chi connectivity index (χ1n) is 49.0. The SMILES string of the molecule is Cc1ccc(N(c2ccc(C)cc2)c2cc3c(c4ccccc24)-c2c(cc(N(c4ccc(C)cc4)c4ccc(C)cc4)c4ccccc24)C32c3ccccc3-n3c4ccccc4c4cccc2c43)cc1.Cc1ccc(N(c2ccc(C)cc2)c2ccc3c(c2)c2cc(N(c4ccc(C)cc4)c4ccc(C)cc4)cc4c2n3-c2ccccc2C42c3ccc4ccccc4c3-c3c2ccc2ccccc32)cc1. The molecule has 2 spiro atoms. The van der Waals surface area contributed by atoms with Crippen LogP contribution in [-0.2, 0) is 10.8 Å². The third kappa shape index (κ3) is 12.2. The molecule has 0 bridgehead atoms. The zero-order valence-corrected chi connectivity index (χ0v) is 79.4. The molecule has 140 heavy (non-hydrogen) atoms. The summed E-state index contributed by atoms with van der Waals surface area (Å²) in [7, 11) is 0. The minimum absolute atomic E-state index is 0.668. The summed E-state index contributed by atoms with van der Waals surface area (Å²) >= 11 is 0. The average Bonchev–Trinajstić information content (AvgIpc) is 1.49. The van der Waals surface area contributed by atoms with Gasteiger partial charge in [-0.25, -0.2) is 0 Å². The molecule has 0 unspecified atom stereocenters. The Morgan fingerprint density at radius 3 is 0.871 bits per heavy atom. The van der Waals surface area contributed by atoms with Crippen molar-refractivity contribution in [1.29, 1.82) is 0 Å². The summed E-state index contributed by atoms with van der Waals surface area (Å²) in [4.78, 5) is 9.86. The lowest BCUT2D eigenvalue weighted by atomic mass is 9.65. The molecule has 0 atom stereocenters. The first kappa shape index (κ1) is 82.2. The van der Waals surface area contributed by atoms with Crippen LogP contribution in [0.15, 0.2) is 449 Å². The highest BCUT2D eigenvalue weighted by molar-refractivity contribution is 6.23. The van der Waals surface area contributed by atoms with Crippen molar-refractivity contribution in [3.63, 3.8) is 0 Å². The van der Waals surface area contributed by atoms with E-state index in [2.05, 4.69) is 533 Å². The molecule has 2 aliphatic heterocycles. The fourth-order valence-electron chi connectivity index (χ4n) is 24.4. The second-order valence-corrected chi connectivity index (χ2v) is 39.2. The Balaban J connectivity index is 0.000000141. The number of aryl methyl sites for hydroxylation is 8. The molecule has 0 N–H and O–H groups in total. The van der Waals surface area contributed by atoms with E-state index in [1.807, 2.05) is 0 Å². The van der Waals surface area contributed by atoms with E-state index < -0.39 is 10.8 Å². The Hall–Kier alpha value is -17.3. The van der Waals surface area contributed by atoms with Gasteiger partial charge in [0.2, 0.25) is 0 Å². The summed E-state index contributed by atoms with van der Waals surface area (Å²) in [6.45, 7) is 17.3. The Bertz CT molecular complexity index is 8790. The van der Waals surface area contributed by atoms with Gasteiger partial charge in [-0.2, -0.15) is 0 Å². The van der Waals surface area contributed by atoms with Crippen LogP contribution in [0.4, 0.5) is 68.2 Å². The minimum atomic E-state index is -0.749. The number of nitrogens with zero attached hydrogens (tertiary/aromatic N) is 6. The summed E-state index contributed by atoms with van der Waals surface area (Å²) in [5.41, 5.74) is 44.8. The van der Waals surface area contributed by atoms with Crippen LogP contribution in [0, 0.1) is 55.4 Å². The number of anilines is 12. The van der Waals surface area contributed by atoms with Crippen molar-refractivity contribution < 1.29 is 0 Å². The molecule has 664 valence electrons. The Kier molecular flexibility index (Phi) is 18.6. The van der Waals surface area contributed by atoms with E-state index in [-0.39, 0.29) is 0 Å². The quantitative estimate of drug-likeness (QED) is 0.122. The molecule has 0 saturated carbocycles. The summed E-state index contributed by atoms with van der Waals surface area (Å²) < 4.78 is 5.13. The summed E-state index contributed by atoms with van der Waals surface area (Å²) in [5.74, 6) is 0. The highest BCUT2D eigenvalue weighted by Gasteiger charge is 2.55. The number of rotatable bonds is 12. The Morgan fingerprint density at radius 2 is 0.457 bits per heavy atom. The second kappa shape index (κ2) is 31.6. The number of benzene rings is 22. The third-order valence-electron chi connectivity index (χ3n) is 30.8. The van der Waals surface area contributed by atoms with Gasteiger partial charge in [0, 0.05) is 89.2 Å². The van der Waals surface area contributed by atoms with Crippen molar-refractivity contribution in [2.75, 3.05) is 19.6 Å². The Morgan fingerprint density at radius 1 is 0.164 bits per heavy atom. The molecular formula is C134H98N6. The number of hydrogen-bond donors (Lipinski definition) is 0. The highest BCUT2D eigenvalue weighted by Crippen LogP contribution is 2.68. The van der Waals surface area contributed by atoms with E-state index in [0.29, 0.717) is 0 Å². The molecule has 4 aliphatic rings. The fraction of sp³-hybridized carbons (Fsp3) is 0.0746. The molecule has 0 saturated heterocycles. The van der Waals surface area contributed by atoms with E-state index >= 15 is 0 Å². The van der Waals surface area contributed by atoms with Crippen molar-refractivity contribution in [2.45, 2.75) is 66.2 Å². The lowest BCUT2D eigenvalue weighted by Crippen LogP contribution is -2.34. The number of aromatic nitrogens is 2. The van der Waals surface area contributed by atoms with Crippen molar-refractivity contribution in [3.05, 3.63) is 538 Å². The molecule has 24 aromatic rings. The number of fused-ring (bicyclic) bond motifs is 32. The van der Waals surface area contributed by atoms with Gasteiger partial charge in [0.25, 0.3) is 0 Å². The van der Waals surface area contributed by atoms with Gasteiger partial charge in [0.15, 0.2) is 0 Å². The molecule has 4 heterocycles. The van der Waals surface area contributed by atoms with Crippen molar-refractivity contribution in [1.82, 2.24) is 9.13 Å². The Labute approximate surface area is 815 Å². The third-order valence-corrected chi connectivity index (χ3v) is 30.8. The molecule has 0 amide bonds. The highest BCUT2D eigenvalue weighted by atomic mass is 15.2. The zero-order valence-electron chi connectivity index (χ0n) is 79.4. The lowest BCUT2D eigenvalue weighted by molar-refractivity contribution is 0.749. The normalized spacial score (nSPS) is 13.0. The van der Waals surface area contributed by atoms with Crippen LogP contribution in [0.1, 0.15) is 89.0 Å². The van der Waals surface area contributed by atoms with E-state index in [1.165, 1.54) is 209 Å². The van der Waals surface area contributed by atoms with Crippen molar-refractivity contribution in [2.24, 2.45) is 0 Å². The van der Waals surface area contributed by atoms with Gasteiger partial charge in [-0.3, -0.25) is 0 Å². The molecule has 28 rings (SSSR count). The standard InChI is InChI=1S/2C67H49N3/c1-42-24-32-46(33-25-42)68(47-34-26-43(2)27-35-47)62-40-58-64(53-17-7-5-14-50(53)62)65-54-18-8-6-15-51(54)63(69(48-36-28-44(3)29-37-48)49-38-30-45(4)31-39-49)41-59(65)67(58)56-20-10-12-23-61(56)70-60-22-11-9-16-52(60)55-19-13-21-57(67)66(55)70;1-42-17-27-48(28-18-42)68(49-29-19-43(2)20-30-49)52-35-38-62-56(39-52)57-40-53(69(50-31-21-44(3)22-32-50)51-33-23-45(4)24-34-51)41-61-66(57)70(62)63-16-10-9-15-58(63)67(61)59-36-25-46-11-5-7-13-54(46)64(59)65-55-14-8-6-12-47(55)26-37-60(65)67/h2*5-41H,1-4H3. The van der Waals surface area contributed by atoms with Crippen LogP contribution in [-0.4, -0.2) is 9.13 Å². The largest absolute Gasteiger partial charge is 0.310 e. The number of hydrogen-bond acceptors (Lipinski definition) is 4. The maximum absolute atomic E-state index is 2.58. The van der Waals surface area contributed by atoms with E-state index in [9.17, 15) is 0 Å². The zero-order chi connectivity index (χ0) is 93.7. The van der Waals surface area contributed by atoms with Crippen LogP contribution < -0.4 is 19.6 Å². The van der Waals surface area contributed by atoms with Gasteiger partial charge in [0.1, 0.15) is 0 Å². The smallest absolute Gasteiger partial charge is 0.0756 e. The van der Waals surface area contributed by atoms with Gasteiger partial charge in [0.05, 0.1) is 55.6 Å². The van der Waals surface area contributed by atoms with Crippen LogP contribution in [0.5, 0.6) is 0 Å². The van der Waals surface area contributed by atoms with Gasteiger partial charge in [-0.1, -0.05) is 336 Å². The van der Waals surface area contributed by atoms with Gasteiger partial charge in [-0.05, 0) is 312 Å². The summed E-state index contributed by atoms with van der Waals surface area (Å²) in [6.07, 6.45) is 0. The monoisotopic (exact) mass is 1790 g/mol. The average molecular weight is 1790 g/mol. The minimum Gasteiger partial charge on any atom is -0.310 e. The first-order valence-corrected chi connectivity index (χ1v) is 49.0. The van der Waals surface area contributed by atoms with Crippen LogP contribution in [0.2, 0.25) is 0 Å². The molecular weight excluding hydrogens is 1690 g/mol. The topological polar surface area (TPSA) is 22.8 Å². The van der Waals surface area contributed by atoms with Crippen LogP contribution >= 0.6 is 0 Å². The van der Waals surface area contributed by atoms with Crippen LogP contribution in [0.3, 0.4) is 0 Å². The molecule has 0 radical (unpaired) electrons. The maximum atomic E-state index is 2.58. The van der Waals surface area contributed by atoms with Crippen molar-refractivity contribution >= 4 is 155 Å². The first-order chi connectivity index (χ1) is 68.7. The molecule has 6 heteroatoms. The summed E-state index contributed by atoms with van der Waals surface area (Å²) in [6, 6.07) is 170. The van der Waals surface area contributed by atoms with E-state index in [4.69, 9.17) is 0 Å². The predicted molar refractivity (Wildman–Crippen MR) is 590 cm³/mol. The molecule has 6 nitrogen and oxygen atoms in total. The second-order valence-electron chi connectivity index (χ2n) is 39.2. The maximum Gasteiger partial charge on any atom is 0.0756 e. The number of para-hydroxylation sites is 4. The lowest BCUT2D eigenvalue weighted by Gasteiger charge is -2.40. The van der Waals surface area contributed by atoms with Crippen molar-refractivity contribution in [3.8, 4) is 33.6 Å². The van der Waals surface area contributed by atoms with Gasteiger partial charge in [-0.15, -0.1) is 0 Å². The van der Waals surface area contributed by atoms with Gasteiger partial charge >= 0.3 is 0 Å². The predicted octanol–water partition coefficient (Wildman–Crippen LogP) is 35.9. The molecule has 22 aromatic carbocycles. The molecule has 0 fully saturated rings. The van der Waals surface area contributed by atoms with E-state index in [1.54, 1.807) is 0 Å². The molecule has 2 aliphatic carbocycles.